The first-order valence-corrected chi connectivity index (χ1v) is 11.6. The molecule has 0 aliphatic carbocycles. The van der Waals surface area contributed by atoms with Gasteiger partial charge in [0.1, 0.15) is 11.9 Å². The van der Waals surface area contributed by atoms with Crippen molar-refractivity contribution in [3.63, 3.8) is 0 Å². The largest absolute Gasteiger partial charge is 0.350 e. The standard InChI is InChI=1S/C28H30ClFN2O2/c1-28(2,3)31-27(34)25(17-20-11-5-4-6-12-20)32(19-22-14-7-9-15-23(22)29)26(33)18-21-13-8-10-16-24(21)30/h4-16,25H,17-19H2,1-3H3,(H,31,34)/t25-/m0/s1. The minimum atomic E-state index is -0.808. The van der Waals surface area contributed by atoms with Gasteiger partial charge in [0.25, 0.3) is 0 Å². The van der Waals surface area contributed by atoms with E-state index < -0.39 is 17.4 Å². The van der Waals surface area contributed by atoms with Crippen molar-refractivity contribution in [1.82, 2.24) is 10.2 Å². The van der Waals surface area contributed by atoms with E-state index in [-0.39, 0.29) is 30.3 Å². The fourth-order valence-corrected chi connectivity index (χ4v) is 3.92. The molecule has 2 amide bonds. The molecule has 4 nitrogen and oxygen atoms in total. The monoisotopic (exact) mass is 480 g/mol. The van der Waals surface area contributed by atoms with Crippen LogP contribution in [-0.2, 0) is 29.0 Å². The Hall–Kier alpha value is -3.18. The molecule has 0 aliphatic rings. The molecule has 0 saturated carbocycles. The number of amides is 2. The van der Waals surface area contributed by atoms with Gasteiger partial charge in [0.05, 0.1) is 6.42 Å². The molecule has 178 valence electrons. The zero-order valence-corrected chi connectivity index (χ0v) is 20.5. The maximum atomic E-state index is 14.4. The lowest BCUT2D eigenvalue weighted by Crippen LogP contribution is -2.54. The van der Waals surface area contributed by atoms with E-state index in [1.165, 1.54) is 11.0 Å². The zero-order chi connectivity index (χ0) is 24.7. The molecule has 0 fully saturated rings. The molecular weight excluding hydrogens is 451 g/mol. The third-order valence-corrected chi connectivity index (χ3v) is 5.74. The quantitative estimate of drug-likeness (QED) is 0.457. The molecule has 0 unspecified atom stereocenters. The predicted molar refractivity (Wildman–Crippen MR) is 134 cm³/mol. The summed E-state index contributed by atoms with van der Waals surface area (Å²) in [6.07, 6.45) is 0.154. The van der Waals surface area contributed by atoms with Gasteiger partial charge in [-0.25, -0.2) is 4.39 Å². The summed E-state index contributed by atoms with van der Waals surface area (Å²) >= 11 is 6.41. The smallest absolute Gasteiger partial charge is 0.243 e. The number of carbonyl (C=O) groups is 2. The van der Waals surface area contributed by atoms with Crippen LogP contribution in [0.3, 0.4) is 0 Å². The molecule has 0 aliphatic heterocycles. The molecule has 0 bridgehead atoms. The molecule has 3 aromatic carbocycles. The Kier molecular flexibility index (Phi) is 8.46. The van der Waals surface area contributed by atoms with Gasteiger partial charge in [-0.1, -0.05) is 78.3 Å². The first kappa shape index (κ1) is 25.4. The van der Waals surface area contributed by atoms with Crippen molar-refractivity contribution in [2.45, 2.75) is 51.7 Å². The van der Waals surface area contributed by atoms with Gasteiger partial charge in [0.15, 0.2) is 0 Å². The number of rotatable bonds is 8. The van der Waals surface area contributed by atoms with Gasteiger partial charge in [-0.2, -0.15) is 0 Å². The number of hydrogen-bond donors (Lipinski definition) is 1. The van der Waals surface area contributed by atoms with E-state index in [1.54, 1.807) is 24.3 Å². The summed E-state index contributed by atoms with van der Waals surface area (Å²) in [5.74, 6) is -1.08. The third kappa shape index (κ3) is 7.16. The fraction of sp³-hybridized carbons (Fsp3) is 0.286. The Balaban J connectivity index is 2.01. The molecule has 0 aromatic heterocycles. The van der Waals surface area contributed by atoms with Crippen molar-refractivity contribution in [3.8, 4) is 0 Å². The first-order valence-electron chi connectivity index (χ1n) is 11.3. The lowest BCUT2D eigenvalue weighted by molar-refractivity contribution is -0.141. The molecule has 0 saturated heterocycles. The highest BCUT2D eigenvalue weighted by atomic mass is 35.5. The molecule has 6 heteroatoms. The lowest BCUT2D eigenvalue weighted by atomic mass is 9.99. The highest BCUT2D eigenvalue weighted by Crippen LogP contribution is 2.22. The summed E-state index contributed by atoms with van der Waals surface area (Å²) in [7, 11) is 0. The van der Waals surface area contributed by atoms with Crippen LogP contribution in [0, 0.1) is 5.82 Å². The van der Waals surface area contributed by atoms with Crippen molar-refractivity contribution in [2.75, 3.05) is 0 Å². The first-order chi connectivity index (χ1) is 16.1. The van der Waals surface area contributed by atoms with Crippen molar-refractivity contribution in [1.29, 1.82) is 0 Å². The molecule has 3 aromatic rings. The minimum Gasteiger partial charge on any atom is -0.350 e. The second kappa shape index (κ2) is 11.3. The molecule has 0 radical (unpaired) electrons. The SMILES string of the molecule is CC(C)(C)NC(=O)[C@H](Cc1ccccc1)N(Cc1ccccc1Cl)C(=O)Cc1ccccc1F. The average molecular weight is 481 g/mol. The van der Waals surface area contributed by atoms with Crippen LogP contribution in [0.2, 0.25) is 5.02 Å². The van der Waals surface area contributed by atoms with Crippen LogP contribution in [0.5, 0.6) is 0 Å². The van der Waals surface area contributed by atoms with Crippen LogP contribution in [0.25, 0.3) is 0 Å². The number of benzene rings is 3. The van der Waals surface area contributed by atoms with Gasteiger partial charge in [-0.3, -0.25) is 9.59 Å². The Labute approximate surface area is 205 Å². The molecule has 0 spiro atoms. The minimum absolute atomic E-state index is 0.127. The second-order valence-electron chi connectivity index (χ2n) is 9.33. The summed E-state index contributed by atoms with van der Waals surface area (Å²) in [4.78, 5) is 28.6. The molecular formula is C28H30ClFN2O2. The fourth-order valence-electron chi connectivity index (χ4n) is 3.72. The summed E-state index contributed by atoms with van der Waals surface area (Å²) in [6.45, 7) is 5.81. The van der Waals surface area contributed by atoms with Gasteiger partial charge < -0.3 is 10.2 Å². The van der Waals surface area contributed by atoms with E-state index in [0.29, 0.717) is 17.0 Å². The second-order valence-corrected chi connectivity index (χ2v) is 9.73. The summed E-state index contributed by atoms with van der Waals surface area (Å²) in [6, 6.07) is 22.1. The highest BCUT2D eigenvalue weighted by Gasteiger charge is 2.32. The molecule has 1 atom stereocenters. The van der Waals surface area contributed by atoms with Gasteiger partial charge in [0, 0.05) is 23.5 Å². The Morgan fingerprint density at radius 3 is 2.12 bits per heavy atom. The third-order valence-electron chi connectivity index (χ3n) is 5.37. The Bertz CT molecular complexity index is 1130. The van der Waals surface area contributed by atoms with E-state index in [1.807, 2.05) is 69.3 Å². The van der Waals surface area contributed by atoms with Crippen molar-refractivity contribution < 1.29 is 14.0 Å². The van der Waals surface area contributed by atoms with E-state index in [2.05, 4.69) is 5.32 Å². The number of carbonyl (C=O) groups excluding carboxylic acids is 2. The van der Waals surface area contributed by atoms with Crippen LogP contribution in [0.1, 0.15) is 37.5 Å². The van der Waals surface area contributed by atoms with Gasteiger partial charge in [-0.15, -0.1) is 0 Å². The zero-order valence-electron chi connectivity index (χ0n) is 19.7. The molecule has 3 rings (SSSR count). The van der Waals surface area contributed by atoms with Crippen LogP contribution in [-0.4, -0.2) is 28.3 Å². The van der Waals surface area contributed by atoms with E-state index >= 15 is 0 Å². The molecule has 34 heavy (non-hydrogen) atoms. The normalized spacial score (nSPS) is 12.1. The Morgan fingerprint density at radius 2 is 1.50 bits per heavy atom. The Morgan fingerprint density at radius 1 is 0.912 bits per heavy atom. The van der Waals surface area contributed by atoms with E-state index in [0.717, 1.165) is 5.56 Å². The number of nitrogens with one attached hydrogen (secondary N) is 1. The topological polar surface area (TPSA) is 49.4 Å². The van der Waals surface area contributed by atoms with Crippen LogP contribution in [0.4, 0.5) is 4.39 Å². The van der Waals surface area contributed by atoms with Gasteiger partial charge >= 0.3 is 0 Å². The van der Waals surface area contributed by atoms with Crippen LogP contribution < -0.4 is 5.32 Å². The van der Waals surface area contributed by atoms with Crippen LogP contribution in [0.15, 0.2) is 78.9 Å². The number of halogens is 2. The molecule has 1 N–H and O–H groups in total. The van der Waals surface area contributed by atoms with E-state index in [4.69, 9.17) is 11.6 Å². The van der Waals surface area contributed by atoms with Crippen LogP contribution >= 0.6 is 11.6 Å². The highest BCUT2D eigenvalue weighted by molar-refractivity contribution is 6.31. The average Bonchev–Trinajstić information content (AvgIpc) is 2.78. The van der Waals surface area contributed by atoms with Crippen molar-refractivity contribution >= 4 is 23.4 Å². The summed E-state index contributed by atoms with van der Waals surface area (Å²) < 4.78 is 14.4. The molecule has 0 heterocycles. The van der Waals surface area contributed by atoms with Crippen molar-refractivity contribution in [2.24, 2.45) is 0 Å². The predicted octanol–water partition coefficient (Wildman–Crippen LogP) is 5.58. The maximum absolute atomic E-state index is 14.4. The lowest BCUT2D eigenvalue weighted by Gasteiger charge is -2.34. The van der Waals surface area contributed by atoms with E-state index in [9.17, 15) is 14.0 Å². The maximum Gasteiger partial charge on any atom is 0.243 e. The summed E-state index contributed by atoms with van der Waals surface area (Å²) in [5.41, 5.74) is 1.43. The van der Waals surface area contributed by atoms with Gasteiger partial charge in [-0.05, 0) is 49.6 Å². The number of nitrogens with zero attached hydrogens (tertiary/aromatic N) is 1. The number of hydrogen-bond acceptors (Lipinski definition) is 2. The van der Waals surface area contributed by atoms with Gasteiger partial charge in [0.2, 0.25) is 11.8 Å². The van der Waals surface area contributed by atoms with Crippen molar-refractivity contribution in [3.05, 3.63) is 106 Å². The summed E-state index contributed by atoms with van der Waals surface area (Å²) in [5, 5.41) is 3.51.